The third-order valence-electron chi connectivity index (χ3n) is 10.5. The molecule has 4 atom stereocenters. The minimum atomic E-state index is -0.460. The molecule has 2 aliphatic heterocycles. The first kappa shape index (κ1) is 31.0. The highest BCUT2D eigenvalue weighted by Crippen LogP contribution is 2.55. The lowest BCUT2D eigenvalue weighted by Gasteiger charge is -2.39. The van der Waals surface area contributed by atoms with Crippen molar-refractivity contribution in [3.05, 3.63) is 51.4 Å². The minimum absolute atomic E-state index is 0.0276. The minimum Gasteiger partial charge on any atom is -0.473 e. The largest absolute Gasteiger partial charge is 0.473 e. The van der Waals surface area contributed by atoms with Crippen molar-refractivity contribution < 1.29 is 18.8 Å². The van der Waals surface area contributed by atoms with Crippen molar-refractivity contribution in [2.24, 2.45) is 0 Å². The predicted octanol–water partition coefficient (Wildman–Crippen LogP) is 4.17. The number of thiophene rings is 1. The number of nitriles is 1. The van der Waals surface area contributed by atoms with Crippen molar-refractivity contribution in [1.82, 2.24) is 35.1 Å². The second-order valence-corrected chi connectivity index (χ2v) is 14.6. The lowest BCUT2D eigenvalue weighted by atomic mass is 9.63. The highest BCUT2D eigenvalue weighted by atomic mass is 32.1. The maximum Gasteiger partial charge on any atom is 0.272 e. The first-order chi connectivity index (χ1) is 23.3. The molecule has 48 heavy (non-hydrogen) atoms. The van der Waals surface area contributed by atoms with E-state index in [4.69, 9.17) is 29.7 Å². The Kier molecular flexibility index (Phi) is 7.93. The molecule has 0 aromatic carbocycles. The van der Waals surface area contributed by atoms with Gasteiger partial charge >= 0.3 is 0 Å². The lowest BCUT2D eigenvalue weighted by molar-refractivity contribution is 0.0924. The first-order valence-electron chi connectivity index (χ1n) is 16.9. The Bertz CT molecular complexity index is 1900. The van der Waals surface area contributed by atoms with E-state index in [0.717, 1.165) is 81.2 Å². The van der Waals surface area contributed by atoms with Gasteiger partial charge in [0.2, 0.25) is 5.88 Å². The van der Waals surface area contributed by atoms with Crippen LogP contribution < -0.4 is 15.8 Å². The van der Waals surface area contributed by atoms with Crippen LogP contribution in [0.3, 0.4) is 0 Å². The van der Waals surface area contributed by atoms with Crippen molar-refractivity contribution >= 4 is 22.2 Å². The van der Waals surface area contributed by atoms with Gasteiger partial charge in [-0.05, 0) is 89.9 Å². The lowest BCUT2D eigenvalue weighted by Crippen LogP contribution is -2.38. The summed E-state index contributed by atoms with van der Waals surface area (Å²) >= 11 is 1.52. The van der Waals surface area contributed by atoms with Crippen LogP contribution in [0.1, 0.15) is 89.7 Å². The smallest absolute Gasteiger partial charge is 0.272 e. The quantitative estimate of drug-likeness (QED) is 0.290. The number of aryl methyl sites for hydroxylation is 1. The summed E-state index contributed by atoms with van der Waals surface area (Å²) in [6.45, 7) is 4.23. The van der Waals surface area contributed by atoms with Gasteiger partial charge in [0.15, 0.2) is 28.8 Å². The van der Waals surface area contributed by atoms with Gasteiger partial charge < -0.3 is 25.0 Å². The molecule has 4 aromatic heterocycles. The van der Waals surface area contributed by atoms with Crippen molar-refractivity contribution in [2.45, 2.75) is 88.3 Å². The Hall–Kier alpha value is -4.32. The summed E-state index contributed by atoms with van der Waals surface area (Å²) in [6, 6.07) is 6.05. The van der Waals surface area contributed by atoms with E-state index in [-0.39, 0.29) is 29.8 Å². The van der Waals surface area contributed by atoms with E-state index >= 15 is 0 Å². The van der Waals surface area contributed by atoms with Crippen LogP contribution in [0.4, 0.5) is 5.00 Å². The molecule has 250 valence electrons. The summed E-state index contributed by atoms with van der Waals surface area (Å²) in [5, 5.41) is 22.9. The fourth-order valence-corrected chi connectivity index (χ4v) is 9.35. The molecule has 1 amide bonds. The molecule has 0 radical (unpaired) electrons. The van der Waals surface area contributed by atoms with Crippen molar-refractivity contribution in [3.63, 3.8) is 0 Å². The molecule has 2 saturated heterocycles. The zero-order valence-electron chi connectivity index (χ0n) is 27.2. The van der Waals surface area contributed by atoms with E-state index in [2.05, 4.69) is 40.5 Å². The number of carbonyl (C=O) groups is 1. The second-order valence-electron chi connectivity index (χ2n) is 13.5. The average molecular weight is 670 g/mol. The van der Waals surface area contributed by atoms with Gasteiger partial charge in [0, 0.05) is 35.4 Å². The third-order valence-corrected chi connectivity index (χ3v) is 11.6. The molecule has 2 fully saturated rings. The number of fused-ring (bicyclic) bond motifs is 4. The standard InChI is InChI=1S/C34H39N9O4S/c1-19(24-7-5-13-42(24)2)46-27-16-26(43-14-9-23(40-43)33(44)37-20-10-15-45-18-20)38-32(39-27)29-21-6-3-11-34(30(21)47-41-29)12-4-8-25-28(34)22(17-35)31(36)48-25/h9,14,16,19-20,24H,3-8,10-13,15,18,36H2,1-2H3,(H,37,44)/t19-,20-,24-,34-/m0/s1. The predicted molar refractivity (Wildman–Crippen MR) is 177 cm³/mol. The number of nitrogens with zero attached hydrogens (tertiary/aromatic N) is 7. The summed E-state index contributed by atoms with van der Waals surface area (Å²) in [5.74, 6) is 1.73. The number of anilines is 1. The number of nitrogens with two attached hydrogens (primary N) is 1. The number of nitrogen functional groups attached to an aromatic ring is 1. The zero-order valence-corrected chi connectivity index (χ0v) is 28.0. The van der Waals surface area contributed by atoms with E-state index in [9.17, 15) is 10.1 Å². The van der Waals surface area contributed by atoms with Gasteiger partial charge in [0.05, 0.1) is 23.6 Å². The van der Waals surface area contributed by atoms with Crippen LogP contribution in [0.5, 0.6) is 5.88 Å². The fourth-order valence-electron chi connectivity index (χ4n) is 8.19. The van der Waals surface area contributed by atoms with E-state index < -0.39 is 5.41 Å². The molecule has 0 unspecified atom stereocenters. The van der Waals surface area contributed by atoms with Gasteiger partial charge in [-0.15, -0.1) is 11.3 Å². The topological polar surface area (TPSA) is 170 Å². The normalized spacial score (nSPS) is 24.3. The Balaban J connectivity index is 1.19. The van der Waals surface area contributed by atoms with Gasteiger partial charge in [-0.3, -0.25) is 9.69 Å². The van der Waals surface area contributed by atoms with Gasteiger partial charge in [-0.1, -0.05) is 5.16 Å². The molecular weight excluding hydrogens is 630 g/mol. The van der Waals surface area contributed by atoms with Gasteiger partial charge in [0.25, 0.3) is 5.91 Å². The van der Waals surface area contributed by atoms with Gasteiger partial charge in [0.1, 0.15) is 17.2 Å². The molecule has 6 heterocycles. The summed E-state index contributed by atoms with van der Waals surface area (Å²) in [7, 11) is 2.12. The van der Waals surface area contributed by atoms with Crippen molar-refractivity contribution in [1.29, 1.82) is 5.26 Å². The Morgan fingerprint density at radius 2 is 2.10 bits per heavy atom. The average Bonchev–Trinajstić information content (AvgIpc) is 3.92. The number of hydrogen-bond acceptors (Lipinski definition) is 12. The van der Waals surface area contributed by atoms with Crippen LogP contribution >= 0.6 is 11.3 Å². The Morgan fingerprint density at radius 1 is 1.25 bits per heavy atom. The first-order valence-corrected chi connectivity index (χ1v) is 17.7. The van der Waals surface area contributed by atoms with Crippen molar-refractivity contribution in [3.8, 4) is 29.3 Å². The van der Waals surface area contributed by atoms with E-state index in [0.29, 0.717) is 47.0 Å². The maximum absolute atomic E-state index is 13.0. The number of amides is 1. The van der Waals surface area contributed by atoms with Crippen LogP contribution in [0.15, 0.2) is 22.9 Å². The SMILES string of the molecule is C[C@H](Oc1cc(-n2ccc(C(=O)N[C@H]3CCOC3)n2)nc(-c2noc3c2CCC[C@@]32CCCc3sc(N)c(C#N)c32)n1)[C@@H]1CCCN1C. The number of rotatable bonds is 7. The number of ether oxygens (including phenoxy) is 2. The summed E-state index contributed by atoms with van der Waals surface area (Å²) in [6.07, 6.45) is 9.79. The highest BCUT2D eigenvalue weighted by molar-refractivity contribution is 7.16. The van der Waals surface area contributed by atoms with Crippen LogP contribution in [0.25, 0.3) is 17.3 Å². The molecule has 13 nitrogen and oxygen atoms in total. The van der Waals surface area contributed by atoms with E-state index in [1.54, 1.807) is 23.0 Å². The molecule has 0 bridgehead atoms. The molecular formula is C34H39N9O4S. The van der Waals surface area contributed by atoms with Crippen LogP contribution in [-0.2, 0) is 23.0 Å². The molecule has 2 aliphatic carbocycles. The Labute approximate surface area is 282 Å². The summed E-state index contributed by atoms with van der Waals surface area (Å²) < 4.78 is 19.7. The molecule has 8 rings (SSSR count). The van der Waals surface area contributed by atoms with Crippen LogP contribution in [0.2, 0.25) is 0 Å². The number of likely N-dealkylation sites (N-methyl/N-ethyl adjacent to an activating group) is 1. The number of aromatic nitrogens is 5. The number of hydrogen-bond donors (Lipinski definition) is 2. The maximum atomic E-state index is 13.0. The number of nitrogens with one attached hydrogen (secondary N) is 1. The molecule has 14 heteroatoms. The summed E-state index contributed by atoms with van der Waals surface area (Å²) in [4.78, 5) is 26.3. The number of likely N-dealkylation sites (tertiary alicyclic amines) is 1. The van der Waals surface area contributed by atoms with Gasteiger partial charge in [-0.25, -0.2) is 9.67 Å². The molecule has 3 N–H and O–H groups in total. The molecule has 4 aromatic rings. The third kappa shape index (κ3) is 5.24. The Morgan fingerprint density at radius 3 is 2.88 bits per heavy atom. The molecule has 1 spiro atoms. The van der Waals surface area contributed by atoms with Crippen molar-refractivity contribution in [2.75, 3.05) is 32.5 Å². The fraction of sp³-hybridized carbons (Fsp3) is 0.529. The van der Waals surface area contributed by atoms with Gasteiger partial charge in [-0.2, -0.15) is 15.3 Å². The van der Waals surface area contributed by atoms with E-state index in [1.807, 2.05) is 0 Å². The zero-order chi connectivity index (χ0) is 33.0. The van der Waals surface area contributed by atoms with Crippen LogP contribution in [-0.4, -0.2) is 80.7 Å². The summed E-state index contributed by atoms with van der Waals surface area (Å²) in [5.41, 5.74) is 9.27. The molecule has 4 aliphatic rings. The second kappa shape index (κ2) is 12.3. The molecule has 0 saturated carbocycles. The van der Waals surface area contributed by atoms with E-state index in [1.165, 1.54) is 16.2 Å². The monoisotopic (exact) mass is 669 g/mol. The van der Waals surface area contributed by atoms with Crippen LogP contribution in [0, 0.1) is 11.3 Å². The number of carbonyl (C=O) groups excluding carboxylic acids is 1. The highest BCUT2D eigenvalue weighted by Gasteiger charge is 2.49.